The van der Waals surface area contributed by atoms with Crippen LogP contribution in [-0.2, 0) is 33.3 Å². The normalized spacial score (nSPS) is 37.3. The Kier molecular flexibility index (Phi) is 10.1. The molecule has 1 spiro atoms. The first-order valence-electron chi connectivity index (χ1n) is 14.4. The van der Waals surface area contributed by atoms with Crippen molar-refractivity contribution >= 4 is 17.9 Å². The highest BCUT2D eigenvalue weighted by Gasteiger charge is 2.73. The van der Waals surface area contributed by atoms with Gasteiger partial charge in [-0.15, -0.1) is 0 Å². The minimum absolute atomic E-state index is 0.137. The van der Waals surface area contributed by atoms with Crippen LogP contribution in [0, 0.1) is 28.6 Å². The van der Waals surface area contributed by atoms with Crippen molar-refractivity contribution in [2.75, 3.05) is 0 Å². The quantitative estimate of drug-likeness (QED) is 0.163. The van der Waals surface area contributed by atoms with Crippen LogP contribution in [0.4, 0.5) is 0 Å². The Balaban J connectivity index is 2.23. The Morgan fingerprint density at radius 3 is 2.45 bits per heavy atom. The van der Waals surface area contributed by atoms with E-state index in [1.165, 1.54) is 6.92 Å². The minimum atomic E-state index is -1.45. The van der Waals surface area contributed by atoms with E-state index in [0.717, 1.165) is 5.57 Å². The van der Waals surface area contributed by atoms with Crippen molar-refractivity contribution in [2.24, 2.45) is 28.6 Å². The average molecular weight is 563 g/mol. The zero-order valence-corrected chi connectivity index (χ0v) is 24.7. The third-order valence-corrected chi connectivity index (χ3v) is 9.48. The maximum Gasteiger partial charge on any atom is 0.309 e. The van der Waals surface area contributed by atoms with Crippen molar-refractivity contribution in [1.82, 2.24) is 0 Å². The second-order valence-corrected chi connectivity index (χ2v) is 11.9. The minimum Gasteiger partial charge on any atom is -0.458 e. The molecular formula is C31H46O9. The fourth-order valence-electron chi connectivity index (χ4n) is 6.71. The Morgan fingerprint density at radius 1 is 1.20 bits per heavy atom. The van der Waals surface area contributed by atoms with Crippen molar-refractivity contribution in [2.45, 2.75) is 111 Å². The fraction of sp³-hybridized carbons (Fsp3) is 0.710. The number of hydrogen-bond acceptors (Lipinski definition) is 9. The van der Waals surface area contributed by atoms with E-state index in [1.807, 2.05) is 27.7 Å². The Labute approximate surface area is 237 Å². The van der Waals surface area contributed by atoms with Gasteiger partial charge in [-0.2, -0.15) is 0 Å². The molecule has 3 rings (SSSR count). The number of ether oxygens (including phenoxy) is 4. The van der Waals surface area contributed by atoms with Crippen molar-refractivity contribution in [3.8, 4) is 0 Å². The van der Waals surface area contributed by atoms with Crippen LogP contribution >= 0.6 is 0 Å². The number of esters is 3. The summed E-state index contributed by atoms with van der Waals surface area (Å²) in [5.41, 5.74) is -0.957. The zero-order chi connectivity index (χ0) is 30.0. The van der Waals surface area contributed by atoms with Crippen molar-refractivity contribution in [3.63, 3.8) is 0 Å². The number of hydrogen-bond donors (Lipinski definition) is 2. The molecule has 0 radical (unpaired) electrons. The molecule has 0 aromatic rings. The SMILES string of the molecule is C=CC(=C)CC[C@@]1(C)[C@H]2C[C@H](OC(=O)[C@@H](C)CC)C=C3[C@H](OC(=O)CCC)O[C@H](OC(C)=O)[C@]32[C@H](O)[C@H](O)[C@@H]1C. The molecule has 0 aromatic heterocycles. The first-order chi connectivity index (χ1) is 18.8. The van der Waals surface area contributed by atoms with Gasteiger partial charge in [0.1, 0.15) is 6.10 Å². The summed E-state index contributed by atoms with van der Waals surface area (Å²) in [6, 6.07) is 0. The van der Waals surface area contributed by atoms with Crippen LogP contribution in [0.3, 0.4) is 0 Å². The topological polar surface area (TPSA) is 129 Å². The van der Waals surface area contributed by atoms with E-state index in [2.05, 4.69) is 13.2 Å². The Bertz CT molecular complexity index is 1030. The number of rotatable bonds is 11. The molecule has 0 unspecified atom stereocenters. The molecule has 9 heteroatoms. The average Bonchev–Trinajstić information content (AvgIpc) is 3.20. The molecule has 1 saturated carbocycles. The molecule has 2 aliphatic carbocycles. The molecule has 1 heterocycles. The van der Waals surface area contributed by atoms with E-state index in [9.17, 15) is 24.6 Å². The molecule has 224 valence electrons. The second kappa shape index (κ2) is 12.6. The summed E-state index contributed by atoms with van der Waals surface area (Å²) in [6.07, 6.45) is 0.0646. The van der Waals surface area contributed by atoms with Gasteiger partial charge in [-0.25, -0.2) is 0 Å². The molecule has 1 aliphatic heterocycles. The second-order valence-electron chi connectivity index (χ2n) is 11.9. The van der Waals surface area contributed by atoms with Crippen molar-refractivity contribution in [1.29, 1.82) is 0 Å². The fourth-order valence-corrected chi connectivity index (χ4v) is 6.71. The molecule has 2 fully saturated rings. The lowest BCUT2D eigenvalue weighted by Crippen LogP contribution is -2.68. The first-order valence-corrected chi connectivity index (χ1v) is 14.4. The van der Waals surface area contributed by atoms with Gasteiger partial charge in [0, 0.05) is 18.9 Å². The van der Waals surface area contributed by atoms with E-state index in [0.29, 0.717) is 31.3 Å². The summed E-state index contributed by atoms with van der Waals surface area (Å²) >= 11 is 0. The van der Waals surface area contributed by atoms with Crippen LogP contribution in [0.25, 0.3) is 0 Å². The predicted molar refractivity (Wildman–Crippen MR) is 147 cm³/mol. The van der Waals surface area contributed by atoms with Gasteiger partial charge >= 0.3 is 17.9 Å². The smallest absolute Gasteiger partial charge is 0.309 e. The highest BCUT2D eigenvalue weighted by atomic mass is 16.8. The van der Waals surface area contributed by atoms with Crippen LogP contribution < -0.4 is 0 Å². The maximum absolute atomic E-state index is 12.9. The van der Waals surface area contributed by atoms with E-state index < -0.39 is 65.5 Å². The van der Waals surface area contributed by atoms with Crippen LogP contribution in [0.2, 0.25) is 0 Å². The first kappa shape index (κ1) is 32.0. The van der Waals surface area contributed by atoms with Gasteiger partial charge < -0.3 is 24.4 Å². The molecular weight excluding hydrogens is 516 g/mol. The molecule has 3 aliphatic rings. The van der Waals surface area contributed by atoms with E-state index >= 15 is 0 Å². The van der Waals surface area contributed by atoms with Gasteiger partial charge in [0.25, 0.3) is 0 Å². The molecule has 40 heavy (non-hydrogen) atoms. The predicted octanol–water partition coefficient (Wildman–Crippen LogP) is 4.37. The van der Waals surface area contributed by atoms with Crippen LogP contribution in [0.1, 0.15) is 80.1 Å². The Hall–Kier alpha value is -2.49. The zero-order valence-electron chi connectivity index (χ0n) is 24.7. The summed E-state index contributed by atoms with van der Waals surface area (Å²) in [6.45, 7) is 18.5. The van der Waals surface area contributed by atoms with E-state index in [-0.39, 0.29) is 24.7 Å². The molecule has 1 saturated heterocycles. The third kappa shape index (κ3) is 5.65. The Morgan fingerprint density at radius 2 is 1.88 bits per heavy atom. The monoisotopic (exact) mass is 562 g/mol. The van der Waals surface area contributed by atoms with Gasteiger partial charge in [0.05, 0.1) is 23.5 Å². The molecule has 10 atom stereocenters. The number of aliphatic hydroxyl groups is 2. The van der Waals surface area contributed by atoms with Crippen molar-refractivity contribution < 1.29 is 43.5 Å². The maximum atomic E-state index is 12.9. The lowest BCUT2D eigenvalue weighted by Gasteiger charge is -2.62. The van der Waals surface area contributed by atoms with Crippen LogP contribution in [0.15, 0.2) is 36.5 Å². The molecule has 0 aromatic carbocycles. The molecule has 9 nitrogen and oxygen atoms in total. The summed E-state index contributed by atoms with van der Waals surface area (Å²) < 4.78 is 23.5. The molecule has 0 amide bonds. The lowest BCUT2D eigenvalue weighted by molar-refractivity contribution is -0.274. The largest absolute Gasteiger partial charge is 0.458 e. The summed E-state index contributed by atoms with van der Waals surface area (Å²) in [5.74, 6) is -2.76. The summed E-state index contributed by atoms with van der Waals surface area (Å²) in [7, 11) is 0. The highest BCUT2D eigenvalue weighted by molar-refractivity contribution is 5.72. The number of carbonyl (C=O) groups is 3. The van der Waals surface area contributed by atoms with Gasteiger partial charge in [0.15, 0.2) is 0 Å². The number of carbonyl (C=O) groups excluding carboxylic acids is 3. The number of allylic oxidation sites excluding steroid dienone is 2. The van der Waals surface area contributed by atoms with Gasteiger partial charge in [-0.1, -0.05) is 59.4 Å². The van der Waals surface area contributed by atoms with Gasteiger partial charge in [-0.05, 0) is 55.4 Å². The third-order valence-electron chi connectivity index (χ3n) is 9.48. The summed E-state index contributed by atoms with van der Waals surface area (Å²) in [4.78, 5) is 37.8. The standard InChI is InChI=1S/C31H46O9/c1-9-12-24(33)39-28-22-15-21(38-27(36)18(5)11-3)16-23-30(8,14-13-17(4)10-2)19(6)25(34)26(35)31(22,23)29(40-28)37-20(7)32/h10,15,18-19,21,23,25-26,28-29,34-35H,2,4,9,11-14,16H2,1,3,5-8H3/t18-,19-,21+,23+,25+,26+,28+,29-,30+,31+/m0/s1. The lowest BCUT2D eigenvalue weighted by atomic mass is 9.44. The van der Waals surface area contributed by atoms with Gasteiger partial charge in [-0.3, -0.25) is 19.1 Å². The van der Waals surface area contributed by atoms with E-state index in [1.54, 1.807) is 19.1 Å². The van der Waals surface area contributed by atoms with Crippen LogP contribution in [-0.4, -0.2) is 59.0 Å². The molecule has 0 bridgehead atoms. The van der Waals surface area contributed by atoms with E-state index in [4.69, 9.17) is 18.9 Å². The van der Waals surface area contributed by atoms with Crippen LogP contribution in [0.5, 0.6) is 0 Å². The van der Waals surface area contributed by atoms with Crippen molar-refractivity contribution in [3.05, 3.63) is 36.5 Å². The summed E-state index contributed by atoms with van der Waals surface area (Å²) in [5, 5.41) is 23.3. The molecule has 2 N–H and O–H groups in total. The number of aliphatic hydroxyl groups excluding tert-OH is 2. The highest BCUT2D eigenvalue weighted by Crippen LogP contribution is 2.67. The van der Waals surface area contributed by atoms with Gasteiger partial charge in [0.2, 0.25) is 12.6 Å².